The summed E-state index contributed by atoms with van der Waals surface area (Å²) in [5, 5.41) is 0. The Balaban J connectivity index is 4.33. The van der Waals surface area contributed by atoms with Crippen molar-refractivity contribution in [2.75, 3.05) is 13.2 Å². The first-order valence-electron chi connectivity index (χ1n) is 35.3. The van der Waals surface area contributed by atoms with Crippen LogP contribution in [-0.4, -0.2) is 37.2 Å². The molecule has 0 aliphatic rings. The number of allylic oxidation sites excluding steroid dienone is 10. The number of ether oxygens (including phenoxy) is 3. The molecule has 466 valence electrons. The number of unbranched alkanes of at least 4 members (excludes halogenated alkanes) is 44. The van der Waals surface area contributed by atoms with Crippen LogP contribution in [0.4, 0.5) is 0 Å². The maximum atomic E-state index is 13.0. The van der Waals surface area contributed by atoms with Gasteiger partial charge in [-0.3, -0.25) is 14.4 Å². The van der Waals surface area contributed by atoms with Gasteiger partial charge in [-0.25, -0.2) is 0 Å². The third kappa shape index (κ3) is 65.9. The second kappa shape index (κ2) is 68.6. The highest BCUT2D eigenvalue weighted by Crippen LogP contribution is 2.18. The summed E-state index contributed by atoms with van der Waals surface area (Å²) in [4.78, 5) is 38.5. The first kappa shape index (κ1) is 77.1. The van der Waals surface area contributed by atoms with Crippen LogP contribution < -0.4 is 0 Å². The molecule has 6 nitrogen and oxygen atoms in total. The van der Waals surface area contributed by atoms with E-state index in [4.69, 9.17) is 14.2 Å². The summed E-state index contributed by atoms with van der Waals surface area (Å²) in [5.41, 5.74) is 0. The van der Waals surface area contributed by atoms with E-state index >= 15 is 0 Å². The largest absolute Gasteiger partial charge is 0.462 e. The SMILES string of the molecule is CC/C=C\C/C=C\C/C=C\C/C=C\CCCCCCC(=O)OCC(COC(=O)CCCCCCCCCCCCCCCCCCCCCCCCCC)OC(=O)CCCCCCCCCCC/C=C\CCCCCCCCCC. The first-order valence-corrected chi connectivity index (χ1v) is 35.3. The Labute approximate surface area is 498 Å². The van der Waals surface area contributed by atoms with Crippen LogP contribution in [-0.2, 0) is 28.6 Å². The van der Waals surface area contributed by atoms with Crippen LogP contribution in [0.1, 0.15) is 374 Å². The Hall–Kier alpha value is -2.89. The van der Waals surface area contributed by atoms with Crippen LogP contribution >= 0.6 is 0 Å². The number of carbonyl (C=O) groups excluding carboxylic acids is 3. The lowest BCUT2D eigenvalue weighted by Crippen LogP contribution is -2.30. The van der Waals surface area contributed by atoms with Gasteiger partial charge >= 0.3 is 17.9 Å². The normalized spacial score (nSPS) is 12.4. The molecule has 0 fully saturated rings. The van der Waals surface area contributed by atoms with Crippen LogP contribution in [0.5, 0.6) is 0 Å². The minimum atomic E-state index is -0.786. The summed E-state index contributed by atoms with van der Waals surface area (Å²) in [7, 11) is 0. The van der Waals surface area contributed by atoms with E-state index in [1.54, 1.807) is 0 Å². The Morgan fingerprint density at radius 3 is 0.775 bits per heavy atom. The van der Waals surface area contributed by atoms with Gasteiger partial charge in [0.15, 0.2) is 6.10 Å². The second-order valence-electron chi connectivity index (χ2n) is 23.8. The van der Waals surface area contributed by atoms with Crippen LogP contribution in [0, 0.1) is 0 Å². The van der Waals surface area contributed by atoms with Crippen molar-refractivity contribution in [1.29, 1.82) is 0 Å². The molecular formula is C74H134O6. The van der Waals surface area contributed by atoms with Gasteiger partial charge < -0.3 is 14.2 Å². The molecule has 6 heteroatoms. The summed E-state index contributed by atoms with van der Waals surface area (Å²) < 4.78 is 17.0. The zero-order valence-corrected chi connectivity index (χ0v) is 53.6. The molecule has 0 spiro atoms. The van der Waals surface area contributed by atoms with E-state index in [2.05, 4.69) is 81.5 Å². The van der Waals surface area contributed by atoms with E-state index in [0.717, 1.165) is 96.3 Å². The van der Waals surface area contributed by atoms with Crippen molar-refractivity contribution in [2.24, 2.45) is 0 Å². The average Bonchev–Trinajstić information content (AvgIpc) is 3.46. The van der Waals surface area contributed by atoms with Crippen molar-refractivity contribution in [3.05, 3.63) is 60.8 Å². The molecule has 80 heavy (non-hydrogen) atoms. The molecule has 1 unspecified atom stereocenters. The van der Waals surface area contributed by atoms with Crippen LogP contribution in [0.3, 0.4) is 0 Å². The summed E-state index contributed by atoms with van der Waals surface area (Å²) in [6.45, 7) is 6.57. The minimum Gasteiger partial charge on any atom is -0.462 e. The third-order valence-electron chi connectivity index (χ3n) is 15.8. The molecular weight excluding hydrogens is 985 g/mol. The fourth-order valence-corrected chi connectivity index (χ4v) is 10.5. The molecule has 0 radical (unpaired) electrons. The van der Waals surface area contributed by atoms with E-state index in [1.165, 1.54) is 238 Å². The molecule has 0 heterocycles. The smallest absolute Gasteiger partial charge is 0.306 e. The first-order chi connectivity index (χ1) is 39.5. The molecule has 1 atom stereocenters. The molecule has 0 aliphatic carbocycles. The Morgan fingerprint density at radius 2 is 0.487 bits per heavy atom. The topological polar surface area (TPSA) is 78.9 Å². The number of hydrogen-bond acceptors (Lipinski definition) is 6. The van der Waals surface area contributed by atoms with E-state index in [9.17, 15) is 14.4 Å². The quantitative estimate of drug-likeness (QED) is 0.0261. The standard InChI is InChI=1S/C74H134O6/c1-4-7-10-13-16-19-22-25-28-31-33-35-36-37-39-40-43-46-49-52-55-58-61-64-67-73(76)79-70-71(69-78-72(75)66-63-60-57-54-51-48-45-42-30-27-24-21-18-15-12-9-6-3)80-74(77)68-65-62-59-56-53-50-47-44-41-38-34-32-29-26-23-20-17-14-11-8-5-2/h9,12,18,21,27,30,32,34,45,48,71H,4-8,10-11,13-17,19-20,22-26,28-29,31,33,35-44,46-47,49-70H2,1-3H3/b12-9-,21-18-,30-27-,34-32-,48-45-. The van der Waals surface area contributed by atoms with Crippen molar-refractivity contribution in [2.45, 2.75) is 380 Å². The van der Waals surface area contributed by atoms with Gasteiger partial charge in [-0.2, -0.15) is 0 Å². The zero-order chi connectivity index (χ0) is 57.8. The number of rotatable bonds is 65. The Morgan fingerprint density at radius 1 is 0.263 bits per heavy atom. The maximum Gasteiger partial charge on any atom is 0.306 e. The van der Waals surface area contributed by atoms with E-state index in [1.807, 2.05) is 0 Å². The Bertz CT molecular complexity index is 1430. The van der Waals surface area contributed by atoms with Gasteiger partial charge in [0.05, 0.1) is 0 Å². The number of hydrogen-bond donors (Lipinski definition) is 0. The van der Waals surface area contributed by atoms with Crippen molar-refractivity contribution in [3.63, 3.8) is 0 Å². The number of carbonyl (C=O) groups is 3. The van der Waals surface area contributed by atoms with Gasteiger partial charge in [0.2, 0.25) is 0 Å². The third-order valence-corrected chi connectivity index (χ3v) is 15.8. The van der Waals surface area contributed by atoms with Crippen LogP contribution in [0.2, 0.25) is 0 Å². The molecule has 0 saturated heterocycles. The van der Waals surface area contributed by atoms with E-state index in [0.29, 0.717) is 19.3 Å². The van der Waals surface area contributed by atoms with Crippen molar-refractivity contribution < 1.29 is 28.6 Å². The van der Waals surface area contributed by atoms with Gasteiger partial charge in [0.1, 0.15) is 13.2 Å². The zero-order valence-electron chi connectivity index (χ0n) is 53.6. The fraction of sp³-hybridized carbons (Fsp3) is 0.824. The van der Waals surface area contributed by atoms with E-state index in [-0.39, 0.29) is 31.1 Å². The fourth-order valence-electron chi connectivity index (χ4n) is 10.5. The van der Waals surface area contributed by atoms with Gasteiger partial charge in [0.25, 0.3) is 0 Å². The lowest BCUT2D eigenvalue weighted by molar-refractivity contribution is -0.167. The van der Waals surface area contributed by atoms with Crippen molar-refractivity contribution in [1.82, 2.24) is 0 Å². The molecule has 0 rings (SSSR count). The number of esters is 3. The lowest BCUT2D eigenvalue weighted by Gasteiger charge is -2.18. The molecule has 0 N–H and O–H groups in total. The monoisotopic (exact) mass is 1120 g/mol. The lowest BCUT2D eigenvalue weighted by atomic mass is 10.0. The summed E-state index contributed by atoms with van der Waals surface area (Å²) in [6, 6.07) is 0. The van der Waals surface area contributed by atoms with Gasteiger partial charge in [-0.15, -0.1) is 0 Å². The molecule has 0 bridgehead atoms. The Kier molecular flexibility index (Phi) is 66.1. The van der Waals surface area contributed by atoms with Crippen LogP contribution in [0.15, 0.2) is 60.8 Å². The minimum absolute atomic E-state index is 0.0792. The summed E-state index contributed by atoms with van der Waals surface area (Å²) >= 11 is 0. The highest BCUT2D eigenvalue weighted by atomic mass is 16.6. The molecule has 0 aromatic heterocycles. The summed E-state index contributed by atoms with van der Waals surface area (Å²) in [5.74, 6) is -0.882. The maximum absolute atomic E-state index is 13.0. The molecule has 0 aromatic carbocycles. The highest BCUT2D eigenvalue weighted by Gasteiger charge is 2.19. The molecule has 0 saturated carbocycles. The van der Waals surface area contributed by atoms with Gasteiger partial charge in [0, 0.05) is 19.3 Å². The van der Waals surface area contributed by atoms with Crippen LogP contribution in [0.25, 0.3) is 0 Å². The molecule has 0 aromatic rings. The average molecular weight is 1120 g/mol. The van der Waals surface area contributed by atoms with Gasteiger partial charge in [-0.05, 0) is 83.5 Å². The highest BCUT2D eigenvalue weighted by molar-refractivity contribution is 5.71. The van der Waals surface area contributed by atoms with Gasteiger partial charge in [-0.1, -0.05) is 332 Å². The van der Waals surface area contributed by atoms with E-state index < -0.39 is 6.10 Å². The summed E-state index contributed by atoms with van der Waals surface area (Å²) in [6.07, 6.45) is 88.2. The second-order valence-corrected chi connectivity index (χ2v) is 23.8. The predicted octanol–water partition coefficient (Wildman–Crippen LogP) is 24.3. The molecule has 0 aliphatic heterocycles. The predicted molar refractivity (Wildman–Crippen MR) is 348 cm³/mol. The molecule has 0 amide bonds. The van der Waals surface area contributed by atoms with Crippen molar-refractivity contribution >= 4 is 17.9 Å². The van der Waals surface area contributed by atoms with Crippen molar-refractivity contribution in [3.8, 4) is 0 Å².